The summed E-state index contributed by atoms with van der Waals surface area (Å²) in [6, 6.07) is 17.4. The Hall–Kier alpha value is -2.77. The summed E-state index contributed by atoms with van der Waals surface area (Å²) in [6.07, 6.45) is 2.84. The summed E-state index contributed by atoms with van der Waals surface area (Å²) in [6.45, 7) is 1.11. The number of para-hydroxylation sites is 1. The lowest BCUT2D eigenvalue weighted by atomic mass is 10.2. The van der Waals surface area contributed by atoms with Gasteiger partial charge in [-0.05, 0) is 55.3 Å². The molecule has 0 spiro atoms. The lowest BCUT2D eigenvalue weighted by Gasteiger charge is -2.25. The molecule has 0 saturated carbocycles. The van der Waals surface area contributed by atoms with Crippen LogP contribution in [0.15, 0.2) is 65.6 Å². The fourth-order valence-electron chi connectivity index (χ4n) is 3.36. The molecular weight excluding hydrogens is 374 g/mol. The number of carbonyl (C=O) groups is 1. The van der Waals surface area contributed by atoms with Crippen LogP contribution in [0, 0.1) is 0 Å². The highest BCUT2D eigenvalue weighted by atomic mass is 32.2. The van der Waals surface area contributed by atoms with Gasteiger partial charge in [0.25, 0.3) is 5.91 Å². The van der Waals surface area contributed by atoms with Crippen molar-refractivity contribution in [3.8, 4) is 0 Å². The summed E-state index contributed by atoms with van der Waals surface area (Å²) in [7, 11) is -3.50. The molecule has 1 N–H and O–H groups in total. The van der Waals surface area contributed by atoms with E-state index in [2.05, 4.69) is 10.3 Å². The van der Waals surface area contributed by atoms with E-state index in [1.165, 1.54) is 28.6 Å². The number of hydrogen-bond donors (Lipinski definition) is 1. The smallest absolute Gasteiger partial charge is 0.256 e. The Labute approximate surface area is 164 Å². The van der Waals surface area contributed by atoms with Crippen molar-refractivity contribution < 1.29 is 13.2 Å². The minimum atomic E-state index is -3.50. The zero-order valence-corrected chi connectivity index (χ0v) is 16.2. The van der Waals surface area contributed by atoms with E-state index in [0.717, 1.165) is 30.2 Å². The van der Waals surface area contributed by atoms with Crippen molar-refractivity contribution in [3.05, 3.63) is 66.2 Å². The molecule has 0 radical (unpaired) electrons. The number of nitrogens with zero attached hydrogens (tertiary/aromatic N) is 2. The fourth-order valence-corrected chi connectivity index (χ4v) is 4.87. The maximum Gasteiger partial charge on any atom is 0.256 e. The van der Waals surface area contributed by atoms with E-state index in [1.807, 2.05) is 30.3 Å². The third-order valence-corrected chi connectivity index (χ3v) is 6.82. The van der Waals surface area contributed by atoms with Crippen LogP contribution in [0.2, 0.25) is 0 Å². The average molecular weight is 395 g/mol. The Morgan fingerprint density at radius 1 is 0.893 bits per heavy atom. The average Bonchev–Trinajstić information content (AvgIpc) is 2.74. The van der Waals surface area contributed by atoms with Crippen molar-refractivity contribution >= 4 is 32.7 Å². The number of carbonyl (C=O) groups excluding carboxylic acids is 1. The molecule has 1 fully saturated rings. The van der Waals surface area contributed by atoms with Crippen LogP contribution in [0.25, 0.3) is 10.9 Å². The molecule has 1 aromatic heterocycles. The summed E-state index contributed by atoms with van der Waals surface area (Å²) < 4.78 is 26.9. The van der Waals surface area contributed by atoms with E-state index in [9.17, 15) is 13.2 Å². The number of benzene rings is 2. The lowest BCUT2D eigenvalue weighted by molar-refractivity contribution is 0.102. The number of hydrogen-bond acceptors (Lipinski definition) is 4. The van der Waals surface area contributed by atoms with Crippen molar-refractivity contribution in [2.24, 2.45) is 0 Å². The first-order valence-corrected chi connectivity index (χ1v) is 10.8. The Balaban J connectivity index is 1.50. The largest absolute Gasteiger partial charge is 0.307 e. The SMILES string of the molecule is O=C(Nc1ccc2ccccc2n1)c1ccc(S(=O)(=O)N2CCCCC2)cc1. The van der Waals surface area contributed by atoms with Gasteiger partial charge in [-0.15, -0.1) is 0 Å². The first kappa shape index (κ1) is 18.6. The van der Waals surface area contributed by atoms with E-state index in [-0.39, 0.29) is 10.8 Å². The predicted octanol–water partition coefficient (Wildman–Crippen LogP) is 3.66. The normalized spacial score (nSPS) is 15.4. The van der Waals surface area contributed by atoms with Gasteiger partial charge in [0.2, 0.25) is 10.0 Å². The van der Waals surface area contributed by atoms with Gasteiger partial charge in [0.1, 0.15) is 5.82 Å². The molecule has 0 aliphatic carbocycles. The number of piperidine rings is 1. The monoisotopic (exact) mass is 395 g/mol. The van der Waals surface area contributed by atoms with Crippen LogP contribution in [0.5, 0.6) is 0 Å². The molecule has 0 bridgehead atoms. The topological polar surface area (TPSA) is 79.4 Å². The quantitative estimate of drug-likeness (QED) is 0.731. The molecule has 1 aliphatic heterocycles. The second-order valence-corrected chi connectivity index (χ2v) is 8.77. The van der Waals surface area contributed by atoms with Crippen molar-refractivity contribution in [2.45, 2.75) is 24.2 Å². The van der Waals surface area contributed by atoms with E-state index >= 15 is 0 Å². The van der Waals surface area contributed by atoms with Crippen LogP contribution in [0.3, 0.4) is 0 Å². The predicted molar refractivity (Wildman–Crippen MR) is 109 cm³/mol. The minimum Gasteiger partial charge on any atom is -0.307 e. The van der Waals surface area contributed by atoms with E-state index in [0.29, 0.717) is 24.5 Å². The number of aromatic nitrogens is 1. The van der Waals surface area contributed by atoms with Gasteiger partial charge in [0, 0.05) is 24.0 Å². The third kappa shape index (κ3) is 3.76. The van der Waals surface area contributed by atoms with Crippen LogP contribution in [0.4, 0.5) is 5.82 Å². The molecule has 1 aliphatic rings. The van der Waals surface area contributed by atoms with Crippen LogP contribution in [-0.2, 0) is 10.0 Å². The Kier molecular flexibility index (Phi) is 5.11. The molecule has 0 unspecified atom stereocenters. The second-order valence-electron chi connectivity index (χ2n) is 6.83. The molecular formula is C21H21N3O3S. The molecule has 1 saturated heterocycles. The van der Waals surface area contributed by atoms with Gasteiger partial charge in [-0.25, -0.2) is 13.4 Å². The molecule has 1 amide bonds. The zero-order chi connectivity index (χ0) is 19.6. The molecule has 2 aromatic carbocycles. The zero-order valence-electron chi connectivity index (χ0n) is 15.3. The van der Waals surface area contributed by atoms with Crippen molar-refractivity contribution in [1.82, 2.24) is 9.29 Å². The highest BCUT2D eigenvalue weighted by molar-refractivity contribution is 7.89. The van der Waals surface area contributed by atoms with E-state index in [1.54, 1.807) is 6.07 Å². The number of sulfonamides is 1. The molecule has 0 atom stereocenters. The molecule has 3 aromatic rings. The number of pyridine rings is 1. The van der Waals surface area contributed by atoms with Crippen LogP contribution in [-0.4, -0.2) is 36.7 Å². The number of amides is 1. The summed E-state index contributed by atoms with van der Waals surface area (Å²) in [5, 5.41) is 3.76. The van der Waals surface area contributed by atoms with Gasteiger partial charge in [0.05, 0.1) is 10.4 Å². The van der Waals surface area contributed by atoms with Gasteiger partial charge in [-0.1, -0.05) is 24.6 Å². The third-order valence-electron chi connectivity index (χ3n) is 4.91. The minimum absolute atomic E-state index is 0.217. The molecule has 144 valence electrons. The van der Waals surface area contributed by atoms with Gasteiger partial charge in [-0.3, -0.25) is 4.79 Å². The van der Waals surface area contributed by atoms with Gasteiger partial charge >= 0.3 is 0 Å². The summed E-state index contributed by atoms with van der Waals surface area (Å²) >= 11 is 0. The van der Waals surface area contributed by atoms with Crippen LogP contribution in [0.1, 0.15) is 29.6 Å². The van der Waals surface area contributed by atoms with Crippen LogP contribution >= 0.6 is 0 Å². The van der Waals surface area contributed by atoms with E-state index < -0.39 is 10.0 Å². The summed E-state index contributed by atoms with van der Waals surface area (Å²) in [4.78, 5) is 17.1. The number of fused-ring (bicyclic) bond motifs is 1. The number of nitrogens with one attached hydrogen (secondary N) is 1. The van der Waals surface area contributed by atoms with Crippen LogP contribution < -0.4 is 5.32 Å². The Morgan fingerprint density at radius 2 is 1.61 bits per heavy atom. The fraction of sp³-hybridized carbons (Fsp3) is 0.238. The van der Waals surface area contributed by atoms with E-state index in [4.69, 9.17) is 0 Å². The van der Waals surface area contributed by atoms with Crippen molar-refractivity contribution in [3.63, 3.8) is 0 Å². The van der Waals surface area contributed by atoms with Crippen molar-refractivity contribution in [1.29, 1.82) is 0 Å². The molecule has 28 heavy (non-hydrogen) atoms. The standard InChI is InChI=1S/C21H21N3O3S/c25-21(23-20-13-10-16-6-2-3-7-19(16)22-20)17-8-11-18(12-9-17)28(26,27)24-14-4-1-5-15-24/h2-3,6-13H,1,4-5,14-15H2,(H,22,23,25). The van der Waals surface area contributed by atoms with Gasteiger partial charge < -0.3 is 5.32 Å². The first-order chi connectivity index (χ1) is 13.5. The maximum absolute atomic E-state index is 12.7. The lowest BCUT2D eigenvalue weighted by Crippen LogP contribution is -2.35. The number of anilines is 1. The Morgan fingerprint density at radius 3 is 2.36 bits per heavy atom. The molecule has 4 rings (SSSR count). The van der Waals surface area contributed by atoms with Crippen molar-refractivity contribution in [2.75, 3.05) is 18.4 Å². The first-order valence-electron chi connectivity index (χ1n) is 9.31. The molecule has 7 heteroatoms. The maximum atomic E-state index is 12.7. The Bertz CT molecular complexity index is 1110. The van der Waals surface area contributed by atoms with Gasteiger partial charge in [0.15, 0.2) is 0 Å². The molecule has 6 nitrogen and oxygen atoms in total. The van der Waals surface area contributed by atoms with Gasteiger partial charge in [-0.2, -0.15) is 4.31 Å². The summed E-state index contributed by atoms with van der Waals surface area (Å²) in [5.74, 6) is 0.124. The highest BCUT2D eigenvalue weighted by Crippen LogP contribution is 2.21. The molecule has 2 heterocycles. The summed E-state index contributed by atoms with van der Waals surface area (Å²) in [5.41, 5.74) is 1.18. The second kappa shape index (κ2) is 7.69. The highest BCUT2D eigenvalue weighted by Gasteiger charge is 2.25. The number of rotatable bonds is 4.